The van der Waals surface area contributed by atoms with E-state index in [2.05, 4.69) is 20.2 Å². The van der Waals surface area contributed by atoms with E-state index in [1.165, 1.54) is 4.57 Å². The van der Waals surface area contributed by atoms with Gasteiger partial charge >= 0.3 is 5.69 Å². The molecule has 0 aromatic carbocycles. The SMILES string of the molecule is CC(C)Cn1c(=O)[nH]c(=O)c2c(C(=O)NC(C)CN3CCOCC3)cc(C(C)C)nc21. The molecule has 0 spiro atoms. The van der Waals surface area contributed by atoms with Gasteiger partial charge in [-0.1, -0.05) is 27.7 Å². The van der Waals surface area contributed by atoms with Gasteiger partial charge in [-0.05, 0) is 24.8 Å². The van der Waals surface area contributed by atoms with E-state index in [9.17, 15) is 14.4 Å². The number of aromatic nitrogens is 3. The number of amides is 1. The lowest BCUT2D eigenvalue weighted by Crippen LogP contribution is -2.46. The Labute approximate surface area is 181 Å². The van der Waals surface area contributed by atoms with E-state index in [1.54, 1.807) is 6.07 Å². The van der Waals surface area contributed by atoms with Gasteiger partial charge in [0.2, 0.25) is 0 Å². The second kappa shape index (κ2) is 9.74. The van der Waals surface area contributed by atoms with Crippen molar-refractivity contribution in [2.24, 2.45) is 5.92 Å². The van der Waals surface area contributed by atoms with Crippen LogP contribution >= 0.6 is 0 Å². The van der Waals surface area contributed by atoms with Crippen LogP contribution in [0.3, 0.4) is 0 Å². The molecular weight excluding hydrogens is 398 g/mol. The van der Waals surface area contributed by atoms with Crippen LogP contribution in [-0.2, 0) is 11.3 Å². The Morgan fingerprint density at radius 3 is 2.45 bits per heavy atom. The smallest absolute Gasteiger partial charge is 0.330 e. The molecule has 1 fully saturated rings. The first-order chi connectivity index (χ1) is 14.7. The Balaban J connectivity index is 2.02. The first kappa shape index (κ1) is 23.1. The molecule has 3 rings (SSSR count). The minimum atomic E-state index is -0.589. The van der Waals surface area contributed by atoms with E-state index in [0.717, 1.165) is 13.1 Å². The van der Waals surface area contributed by atoms with Gasteiger partial charge in [0.25, 0.3) is 11.5 Å². The highest BCUT2D eigenvalue weighted by atomic mass is 16.5. The molecule has 170 valence electrons. The lowest BCUT2D eigenvalue weighted by Gasteiger charge is -2.29. The number of ether oxygens (including phenoxy) is 1. The van der Waals surface area contributed by atoms with E-state index in [4.69, 9.17) is 4.74 Å². The average molecular weight is 432 g/mol. The third-order valence-electron chi connectivity index (χ3n) is 5.37. The predicted octanol–water partition coefficient (Wildman–Crippen LogP) is 1.31. The maximum Gasteiger partial charge on any atom is 0.330 e. The fourth-order valence-corrected chi connectivity index (χ4v) is 3.82. The molecule has 0 radical (unpaired) electrons. The van der Waals surface area contributed by atoms with Crippen LogP contribution in [0.4, 0.5) is 0 Å². The van der Waals surface area contributed by atoms with Crippen LogP contribution in [0.25, 0.3) is 11.0 Å². The number of hydrogen-bond acceptors (Lipinski definition) is 6. The number of carbonyl (C=O) groups is 1. The molecule has 9 heteroatoms. The van der Waals surface area contributed by atoms with E-state index in [-0.39, 0.29) is 40.4 Å². The molecule has 1 saturated heterocycles. The summed E-state index contributed by atoms with van der Waals surface area (Å²) in [5.74, 6) is -0.138. The standard InChI is InChI=1S/C22H33N5O4/c1-13(2)11-27-19-18(21(29)25-22(27)30)16(10-17(24-19)14(3)4)20(28)23-15(5)12-26-6-8-31-9-7-26/h10,13-15H,6-9,11-12H2,1-5H3,(H,23,28)(H,25,29,30). The number of H-pyrrole nitrogens is 1. The van der Waals surface area contributed by atoms with Crippen molar-refractivity contribution in [3.05, 3.63) is 38.2 Å². The molecule has 1 unspecified atom stereocenters. The molecule has 2 aromatic rings. The number of fused-ring (bicyclic) bond motifs is 1. The van der Waals surface area contributed by atoms with Gasteiger partial charge < -0.3 is 10.1 Å². The number of hydrogen-bond donors (Lipinski definition) is 2. The summed E-state index contributed by atoms with van der Waals surface area (Å²) in [6.07, 6.45) is 0. The predicted molar refractivity (Wildman–Crippen MR) is 120 cm³/mol. The van der Waals surface area contributed by atoms with E-state index in [0.29, 0.717) is 32.0 Å². The zero-order valence-electron chi connectivity index (χ0n) is 19.0. The number of nitrogens with one attached hydrogen (secondary N) is 2. The molecule has 1 aliphatic heterocycles. The fourth-order valence-electron chi connectivity index (χ4n) is 3.82. The van der Waals surface area contributed by atoms with Crippen molar-refractivity contribution in [1.82, 2.24) is 24.8 Å². The molecule has 1 atom stereocenters. The first-order valence-electron chi connectivity index (χ1n) is 11.0. The van der Waals surface area contributed by atoms with Crippen LogP contribution in [0.1, 0.15) is 56.6 Å². The third kappa shape index (κ3) is 5.40. The summed E-state index contributed by atoms with van der Waals surface area (Å²) in [6, 6.07) is 1.56. The number of morpholine rings is 1. The van der Waals surface area contributed by atoms with Crippen molar-refractivity contribution in [3.63, 3.8) is 0 Å². The van der Waals surface area contributed by atoms with Gasteiger partial charge in [-0.3, -0.25) is 24.0 Å². The molecule has 31 heavy (non-hydrogen) atoms. The molecule has 0 aliphatic carbocycles. The summed E-state index contributed by atoms with van der Waals surface area (Å²) in [5, 5.41) is 3.17. The normalized spacial score (nSPS) is 16.2. The van der Waals surface area contributed by atoms with Crippen molar-refractivity contribution in [3.8, 4) is 0 Å². The van der Waals surface area contributed by atoms with E-state index < -0.39 is 11.2 Å². The highest BCUT2D eigenvalue weighted by Gasteiger charge is 2.22. The van der Waals surface area contributed by atoms with Crippen LogP contribution < -0.4 is 16.6 Å². The van der Waals surface area contributed by atoms with Crippen molar-refractivity contribution >= 4 is 16.9 Å². The van der Waals surface area contributed by atoms with Crippen molar-refractivity contribution in [1.29, 1.82) is 0 Å². The van der Waals surface area contributed by atoms with Gasteiger partial charge in [0.1, 0.15) is 0 Å². The van der Waals surface area contributed by atoms with Gasteiger partial charge in [-0.25, -0.2) is 9.78 Å². The quantitative estimate of drug-likeness (QED) is 0.684. The zero-order valence-corrected chi connectivity index (χ0v) is 19.0. The molecule has 0 bridgehead atoms. The zero-order chi connectivity index (χ0) is 22.7. The highest BCUT2D eigenvalue weighted by Crippen LogP contribution is 2.20. The van der Waals surface area contributed by atoms with Gasteiger partial charge in [0.15, 0.2) is 5.65 Å². The summed E-state index contributed by atoms with van der Waals surface area (Å²) in [6.45, 7) is 14.0. The van der Waals surface area contributed by atoms with Gasteiger partial charge in [-0.15, -0.1) is 0 Å². The fraction of sp³-hybridized carbons (Fsp3) is 0.636. The van der Waals surface area contributed by atoms with E-state index >= 15 is 0 Å². The summed E-state index contributed by atoms with van der Waals surface area (Å²) < 4.78 is 6.83. The Morgan fingerprint density at radius 2 is 1.84 bits per heavy atom. The number of rotatable bonds is 7. The summed E-state index contributed by atoms with van der Waals surface area (Å²) in [5.41, 5.74) is 0.0855. The molecule has 2 N–H and O–H groups in total. The maximum absolute atomic E-state index is 13.2. The lowest BCUT2D eigenvalue weighted by atomic mass is 10.0. The number of aromatic amines is 1. The lowest BCUT2D eigenvalue weighted by molar-refractivity contribution is 0.0342. The van der Waals surface area contributed by atoms with Crippen molar-refractivity contribution in [2.45, 2.75) is 53.1 Å². The second-order valence-corrected chi connectivity index (χ2v) is 9.00. The Bertz CT molecular complexity index is 1050. The Hall–Kier alpha value is -2.52. The van der Waals surface area contributed by atoms with Gasteiger partial charge in [0, 0.05) is 37.9 Å². The maximum atomic E-state index is 13.2. The molecule has 0 saturated carbocycles. The van der Waals surface area contributed by atoms with Gasteiger partial charge in [0.05, 0.1) is 24.2 Å². The van der Waals surface area contributed by atoms with E-state index in [1.807, 2.05) is 34.6 Å². The largest absolute Gasteiger partial charge is 0.379 e. The second-order valence-electron chi connectivity index (χ2n) is 9.00. The highest BCUT2D eigenvalue weighted by molar-refractivity contribution is 6.05. The molecular formula is C22H33N5O4. The van der Waals surface area contributed by atoms with Crippen molar-refractivity contribution < 1.29 is 9.53 Å². The van der Waals surface area contributed by atoms with Gasteiger partial charge in [-0.2, -0.15) is 0 Å². The molecule has 9 nitrogen and oxygen atoms in total. The summed E-state index contributed by atoms with van der Waals surface area (Å²) >= 11 is 0. The topological polar surface area (TPSA) is 109 Å². The van der Waals surface area contributed by atoms with Crippen LogP contribution in [0, 0.1) is 5.92 Å². The Kier molecular flexibility index (Phi) is 7.27. The van der Waals surface area contributed by atoms with Crippen LogP contribution in [0.2, 0.25) is 0 Å². The van der Waals surface area contributed by atoms with Crippen LogP contribution in [0.5, 0.6) is 0 Å². The number of carbonyl (C=O) groups excluding carboxylic acids is 1. The molecule has 1 amide bonds. The summed E-state index contributed by atoms with van der Waals surface area (Å²) in [7, 11) is 0. The average Bonchev–Trinajstić information content (AvgIpc) is 2.70. The number of pyridine rings is 1. The Morgan fingerprint density at radius 1 is 1.16 bits per heavy atom. The minimum absolute atomic E-state index is 0.0311. The molecule has 3 heterocycles. The number of nitrogens with zero attached hydrogens (tertiary/aromatic N) is 3. The molecule has 1 aliphatic rings. The monoisotopic (exact) mass is 431 g/mol. The first-order valence-corrected chi connectivity index (χ1v) is 11.0. The minimum Gasteiger partial charge on any atom is -0.379 e. The summed E-state index contributed by atoms with van der Waals surface area (Å²) in [4.78, 5) is 47.7. The molecule has 2 aromatic heterocycles. The van der Waals surface area contributed by atoms with Crippen molar-refractivity contribution in [2.75, 3.05) is 32.8 Å². The van der Waals surface area contributed by atoms with Crippen LogP contribution in [0.15, 0.2) is 15.7 Å². The van der Waals surface area contributed by atoms with Crippen LogP contribution in [-0.4, -0.2) is 64.2 Å². The third-order valence-corrected chi connectivity index (χ3v) is 5.37.